The first-order chi connectivity index (χ1) is 19.6. The van der Waals surface area contributed by atoms with E-state index < -0.39 is 0 Å². The Balaban J connectivity index is 1.60. The molecule has 0 aliphatic heterocycles. The van der Waals surface area contributed by atoms with Gasteiger partial charge in [-0.05, 0) is 71.2 Å². The smallest absolute Gasteiger partial charge is 0.135 e. The number of aromatic nitrogens is 2. The normalized spacial score (nSPS) is 10.4. The molecule has 0 unspecified atom stereocenters. The highest BCUT2D eigenvalue weighted by Gasteiger charge is 2.09. The first-order valence-corrected chi connectivity index (χ1v) is 12.4. The molecule has 4 aromatic rings. The number of ether oxygens (including phenoxy) is 4. The van der Waals surface area contributed by atoms with E-state index >= 15 is 0 Å². The molecule has 0 aliphatic carbocycles. The van der Waals surface area contributed by atoms with Gasteiger partial charge < -0.3 is 18.9 Å². The SMILES string of the molecule is COc1cc(/C=C/c2ccncc2)c(OC)cc1C#CC#Cc1cc(OC)c(/C=C/c2ccncc2)cc1OC. The maximum atomic E-state index is 5.60. The van der Waals surface area contributed by atoms with Gasteiger partial charge in [0, 0.05) is 48.0 Å². The van der Waals surface area contributed by atoms with E-state index in [1.54, 1.807) is 53.2 Å². The van der Waals surface area contributed by atoms with Crippen LogP contribution in [0.5, 0.6) is 23.0 Å². The van der Waals surface area contributed by atoms with E-state index in [9.17, 15) is 0 Å². The van der Waals surface area contributed by atoms with Gasteiger partial charge in [-0.2, -0.15) is 0 Å². The lowest BCUT2D eigenvalue weighted by molar-refractivity contribution is 0.401. The summed E-state index contributed by atoms with van der Waals surface area (Å²) in [5.41, 5.74) is 5.11. The first kappa shape index (κ1) is 27.6. The molecule has 40 heavy (non-hydrogen) atoms. The lowest BCUT2D eigenvalue weighted by atomic mass is 10.1. The summed E-state index contributed by atoms with van der Waals surface area (Å²) in [5.74, 6) is 14.6. The molecule has 2 aromatic heterocycles. The van der Waals surface area contributed by atoms with Gasteiger partial charge in [0.25, 0.3) is 0 Å². The molecule has 6 heteroatoms. The van der Waals surface area contributed by atoms with Crippen molar-refractivity contribution >= 4 is 24.3 Å². The fourth-order valence-electron chi connectivity index (χ4n) is 3.82. The molecule has 0 aliphatic rings. The molecular formula is C34H28N2O4. The predicted molar refractivity (Wildman–Crippen MR) is 159 cm³/mol. The minimum atomic E-state index is 0.620. The molecule has 6 nitrogen and oxygen atoms in total. The minimum absolute atomic E-state index is 0.620. The highest BCUT2D eigenvalue weighted by Crippen LogP contribution is 2.31. The molecule has 2 aromatic carbocycles. The number of pyridine rings is 2. The van der Waals surface area contributed by atoms with Gasteiger partial charge in [-0.1, -0.05) is 24.3 Å². The van der Waals surface area contributed by atoms with Crippen LogP contribution >= 0.6 is 0 Å². The largest absolute Gasteiger partial charge is 0.496 e. The van der Waals surface area contributed by atoms with Crippen molar-refractivity contribution in [2.75, 3.05) is 28.4 Å². The highest BCUT2D eigenvalue weighted by atomic mass is 16.5. The van der Waals surface area contributed by atoms with E-state index in [1.165, 1.54) is 0 Å². The molecule has 2 heterocycles. The fraction of sp³-hybridized carbons (Fsp3) is 0.118. The Morgan fingerprint density at radius 3 is 1.23 bits per heavy atom. The molecule has 0 saturated heterocycles. The zero-order valence-corrected chi connectivity index (χ0v) is 22.8. The van der Waals surface area contributed by atoms with Crippen molar-refractivity contribution < 1.29 is 18.9 Å². The molecular weight excluding hydrogens is 500 g/mol. The summed E-state index contributed by atoms with van der Waals surface area (Å²) in [6, 6.07) is 15.2. The summed E-state index contributed by atoms with van der Waals surface area (Å²) >= 11 is 0. The quantitative estimate of drug-likeness (QED) is 0.252. The van der Waals surface area contributed by atoms with Crippen molar-refractivity contribution in [3.05, 3.63) is 107 Å². The van der Waals surface area contributed by atoms with Crippen LogP contribution in [0.3, 0.4) is 0 Å². The Bertz CT molecular complexity index is 1510. The average Bonchev–Trinajstić information content (AvgIpc) is 3.01. The van der Waals surface area contributed by atoms with Crippen LogP contribution in [0, 0.1) is 23.7 Å². The second kappa shape index (κ2) is 13.9. The number of nitrogens with zero attached hydrogens (tertiary/aromatic N) is 2. The predicted octanol–water partition coefficient (Wildman–Crippen LogP) is 6.26. The van der Waals surface area contributed by atoms with E-state index in [1.807, 2.05) is 72.8 Å². The van der Waals surface area contributed by atoms with Crippen LogP contribution in [0.15, 0.2) is 73.3 Å². The molecule has 0 saturated carbocycles. The molecule has 0 bridgehead atoms. The first-order valence-electron chi connectivity index (χ1n) is 12.4. The number of methoxy groups -OCH3 is 4. The number of hydrogen-bond donors (Lipinski definition) is 0. The van der Waals surface area contributed by atoms with Crippen molar-refractivity contribution in [3.8, 4) is 46.7 Å². The Morgan fingerprint density at radius 1 is 0.500 bits per heavy atom. The van der Waals surface area contributed by atoms with Crippen LogP contribution in [0.2, 0.25) is 0 Å². The maximum absolute atomic E-state index is 5.60. The van der Waals surface area contributed by atoms with Crippen LogP contribution in [-0.2, 0) is 0 Å². The summed E-state index contributed by atoms with van der Waals surface area (Å²) < 4.78 is 22.4. The van der Waals surface area contributed by atoms with Crippen LogP contribution in [0.25, 0.3) is 24.3 Å². The Labute approximate surface area is 234 Å². The van der Waals surface area contributed by atoms with Gasteiger partial charge in [0.2, 0.25) is 0 Å². The van der Waals surface area contributed by atoms with Crippen LogP contribution in [0.4, 0.5) is 0 Å². The molecule has 0 N–H and O–H groups in total. The van der Waals surface area contributed by atoms with Gasteiger partial charge in [0.1, 0.15) is 23.0 Å². The molecule has 198 valence electrons. The topological polar surface area (TPSA) is 62.7 Å². The zero-order valence-electron chi connectivity index (χ0n) is 22.8. The van der Waals surface area contributed by atoms with Gasteiger partial charge in [0.15, 0.2) is 0 Å². The van der Waals surface area contributed by atoms with Gasteiger partial charge in [0.05, 0.1) is 39.6 Å². The van der Waals surface area contributed by atoms with E-state index in [0.29, 0.717) is 34.1 Å². The van der Waals surface area contributed by atoms with E-state index in [0.717, 1.165) is 22.3 Å². The van der Waals surface area contributed by atoms with Gasteiger partial charge >= 0.3 is 0 Å². The summed E-state index contributed by atoms with van der Waals surface area (Å²) in [5, 5.41) is 0. The molecule has 0 atom stereocenters. The number of rotatable bonds is 8. The van der Waals surface area contributed by atoms with Crippen molar-refractivity contribution in [2.45, 2.75) is 0 Å². The van der Waals surface area contributed by atoms with Crippen LogP contribution in [0.1, 0.15) is 33.4 Å². The van der Waals surface area contributed by atoms with E-state index in [2.05, 4.69) is 33.6 Å². The number of benzene rings is 2. The average molecular weight is 529 g/mol. The van der Waals surface area contributed by atoms with Crippen molar-refractivity contribution in [1.82, 2.24) is 9.97 Å². The lowest BCUT2D eigenvalue weighted by Crippen LogP contribution is -1.94. The summed E-state index contributed by atoms with van der Waals surface area (Å²) in [4.78, 5) is 8.09. The lowest BCUT2D eigenvalue weighted by Gasteiger charge is -2.10. The second-order valence-electron chi connectivity index (χ2n) is 8.32. The van der Waals surface area contributed by atoms with Gasteiger partial charge in [-0.25, -0.2) is 0 Å². The van der Waals surface area contributed by atoms with Crippen LogP contribution in [-0.4, -0.2) is 38.4 Å². The summed E-state index contributed by atoms with van der Waals surface area (Å²) in [7, 11) is 6.46. The summed E-state index contributed by atoms with van der Waals surface area (Å²) in [6.07, 6.45) is 14.9. The van der Waals surface area contributed by atoms with Crippen molar-refractivity contribution in [1.29, 1.82) is 0 Å². The Hall–Kier alpha value is -5.46. The van der Waals surface area contributed by atoms with E-state index in [-0.39, 0.29) is 0 Å². The standard InChI is InChI=1S/C34H28N2O4/c1-37-31-23-29(11-9-25-13-17-35-18-14-25)33(39-3)21-27(31)7-5-6-8-28-22-34(40-4)30(24-32(28)38-2)12-10-26-15-19-36-20-16-26/h9-24H,1-4H3/b11-9+,12-10+. The molecule has 0 fully saturated rings. The monoisotopic (exact) mass is 528 g/mol. The molecule has 4 rings (SSSR count). The summed E-state index contributed by atoms with van der Waals surface area (Å²) in [6.45, 7) is 0. The van der Waals surface area contributed by atoms with Crippen molar-refractivity contribution in [2.24, 2.45) is 0 Å². The molecule has 0 spiro atoms. The zero-order chi connectivity index (χ0) is 28.2. The Kier molecular flexibility index (Phi) is 9.58. The van der Waals surface area contributed by atoms with Gasteiger partial charge in [-0.15, -0.1) is 0 Å². The third-order valence-electron chi connectivity index (χ3n) is 5.88. The van der Waals surface area contributed by atoms with E-state index in [4.69, 9.17) is 18.9 Å². The molecule has 0 amide bonds. The minimum Gasteiger partial charge on any atom is -0.496 e. The number of hydrogen-bond acceptors (Lipinski definition) is 6. The fourth-order valence-corrected chi connectivity index (χ4v) is 3.82. The van der Waals surface area contributed by atoms with Crippen molar-refractivity contribution in [3.63, 3.8) is 0 Å². The highest BCUT2D eigenvalue weighted by molar-refractivity contribution is 5.76. The third-order valence-corrected chi connectivity index (χ3v) is 5.88. The van der Waals surface area contributed by atoms with Crippen LogP contribution < -0.4 is 18.9 Å². The van der Waals surface area contributed by atoms with Gasteiger partial charge in [-0.3, -0.25) is 9.97 Å². The maximum Gasteiger partial charge on any atom is 0.135 e. The third kappa shape index (κ3) is 7.10. The Morgan fingerprint density at radius 2 is 0.875 bits per heavy atom. The molecule has 0 radical (unpaired) electrons. The second-order valence-corrected chi connectivity index (χ2v) is 8.32.